The molecule has 0 unspecified atom stereocenters. The van der Waals surface area contributed by atoms with Crippen LogP contribution in [0.4, 0.5) is 4.39 Å². The highest BCUT2D eigenvalue weighted by molar-refractivity contribution is 5.84. The Labute approximate surface area is 90.5 Å². The number of hydrogen-bond donors (Lipinski definition) is 0. The second-order valence-electron chi connectivity index (χ2n) is 3.56. The van der Waals surface area contributed by atoms with Crippen molar-refractivity contribution in [3.63, 3.8) is 0 Å². The van der Waals surface area contributed by atoms with Crippen molar-refractivity contribution in [2.45, 2.75) is 27.7 Å². The Bertz CT molecular complexity index is 469. The molecule has 15 heavy (non-hydrogen) atoms. The van der Waals surface area contributed by atoms with E-state index in [-0.39, 0.29) is 5.82 Å². The molecule has 0 aliphatic rings. The Morgan fingerprint density at radius 1 is 1.13 bits per heavy atom. The predicted molar refractivity (Wildman–Crippen MR) is 63.7 cm³/mol. The highest BCUT2D eigenvalue weighted by atomic mass is 19.1. The van der Waals surface area contributed by atoms with Crippen LogP contribution >= 0.6 is 0 Å². The van der Waals surface area contributed by atoms with Gasteiger partial charge in [0.05, 0.1) is 5.52 Å². The summed E-state index contributed by atoms with van der Waals surface area (Å²) in [5.41, 5.74) is 2.93. The van der Waals surface area contributed by atoms with Crippen molar-refractivity contribution in [2.75, 3.05) is 0 Å². The molecular weight excluding hydrogens is 189 g/mol. The van der Waals surface area contributed by atoms with Crippen LogP contribution in [-0.2, 0) is 7.05 Å². The maximum absolute atomic E-state index is 13.5. The Kier molecular flexibility index (Phi) is 3.51. The summed E-state index contributed by atoms with van der Waals surface area (Å²) in [4.78, 5) is 0. The van der Waals surface area contributed by atoms with Gasteiger partial charge in [-0.05, 0) is 37.1 Å². The lowest BCUT2D eigenvalue weighted by Crippen LogP contribution is -1.86. The maximum atomic E-state index is 13.5. The largest absolute Gasteiger partial charge is 0.350 e. The summed E-state index contributed by atoms with van der Waals surface area (Å²) in [5.74, 6) is -0.117. The third-order valence-electron chi connectivity index (χ3n) is 2.38. The van der Waals surface area contributed by atoms with Crippen molar-refractivity contribution in [3.8, 4) is 0 Å². The SMILES string of the molecule is CC.Cc1cc(F)c2c(C)cn(C)c2c1. The molecule has 0 saturated heterocycles. The van der Waals surface area contributed by atoms with Gasteiger partial charge in [0.25, 0.3) is 0 Å². The molecule has 0 bridgehead atoms. The molecule has 0 aliphatic carbocycles. The lowest BCUT2D eigenvalue weighted by Gasteiger charge is -1.99. The zero-order valence-corrected chi connectivity index (χ0v) is 10.1. The molecule has 1 aromatic carbocycles. The molecule has 2 rings (SSSR count). The Morgan fingerprint density at radius 2 is 1.73 bits per heavy atom. The highest BCUT2D eigenvalue weighted by Crippen LogP contribution is 2.24. The molecule has 2 aromatic rings. The molecule has 0 aliphatic heterocycles. The van der Waals surface area contributed by atoms with Crippen LogP contribution in [0.25, 0.3) is 10.9 Å². The summed E-state index contributed by atoms with van der Waals surface area (Å²) >= 11 is 0. The van der Waals surface area contributed by atoms with Gasteiger partial charge >= 0.3 is 0 Å². The van der Waals surface area contributed by atoms with Crippen LogP contribution in [0, 0.1) is 19.7 Å². The second kappa shape index (κ2) is 4.47. The molecule has 1 nitrogen and oxygen atoms in total. The average molecular weight is 207 g/mol. The first kappa shape index (κ1) is 11.8. The monoisotopic (exact) mass is 207 g/mol. The third-order valence-corrected chi connectivity index (χ3v) is 2.38. The molecule has 0 amide bonds. The summed E-state index contributed by atoms with van der Waals surface area (Å²) in [5, 5.41) is 0.744. The lowest BCUT2D eigenvalue weighted by atomic mass is 10.1. The van der Waals surface area contributed by atoms with Gasteiger partial charge in [0.1, 0.15) is 5.82 Å². The molecule has 82 valence electrons. The number of aryl methyl sites for hydroxylation is 3. The van der Waals surface area contributed by atoms with Crippen molar-refractivity contribution < 1.29 is 4.39 Å². The number of benzene rings is 1. The van der Waals surface area contributed by atoms with Crippen molar-refractivity contribution in [3.05, 3.63) is 35.3 Å². The van der Waals surface area contributed by atoms with Gasteiger partial charge in [-0.25, -0.2) is 4.39 Å². The van der Waals surface area contributed by atoms with Gasteiger partial charge < -0.3 is 4.57 Å². The number of fused-ring (bicyclic) bond motifs is 1. The van der Waals surface area contributed by atoms with Gasteiger partial charge in [-0.15, -0.1) is 0 Å². The van der Waals surface area contributed by atoms with Crippen LogP contribution in [-0.4, -0.2) is 4.57 Å². The van der Waals surface area contributed by atoms with E-state index in [0.29, 0.717) is 0 Å². The summed E-state index contributed by atoms with van der Waals surface area (Å²) in [6.45, 7) is 7.84. The van der Waals surface area contributed by atoms with E-state index >= 15 is 0 Å². The smallest absolute Gasteiger partial charge is 0.133 e. The topological polar surface area (TPSA) is 4.93 Å². The number of rotatable bonds is 0. The molecule has 0 atom stereocenters. The van der Waals surface area contributed by atoms with Crippen molar-refractivity contribution in [1.82, 2.24) is 4.57 Å². The van der Waals surface area contributed by atoms with Crippen molar-refractivity contribution in [1.29, 1.82) is 0 Å². The van der Waals surface area contributed by atoms with E-state index in [1.165, 1.54) is 0 Å². The Hall–Kier alpha value is -1.31. The number of aromatic nitrogens is 1. The third kappa shape index (κ3) is 2.04. The Balaban J connectivity index is 0.000000531. The van der Waals surface area contributed by atoms with Gasteiger partial charge in [-0.3, -0.25) is 0 Å². The second-order valence-corrected chi connectivity index (χ2v) is 3.56. The van der Waals surface area contributed by atoms with Gasteiger partial charge in [-0.1, -0.05) is 13.8 Å². The molecule has 1 aromatic heterocycles. The number of nitrogens with zero attached hydrogens (tertiary/aromatic N) is 1. The summed E-state index contributed by atoms with van der Waals surface area (Å²) in [6, 6.07) is 3.58. The molecule has 0 saturated carbocycles. The van der Waals surface area contributed by atoms with Crippen LogP contribution in [0.3, 0.4) is 0 Å². The molecular formula is C13H18FN. The number of hydrogen-bond acceptors (Lipinski definition) is 0. The fraction of sp³-hybridized carbons (Fsp3) is 0.385. The minimum absolute atomic E-state index is 0.117. The first-order valence-corrected chi connectivity index (χ1v) is 5.31. The average Bonchev–Trinajstić information content (AvgIpc) is 2.45. The number of halogens is 1. The lowest BCUT2D eigenvalue weighted by molar-refractivity contribution is 0.638. The maximum Gasteiger partial charge on any atom is 0.133 e. The molecule has 0 fully saturated rings. The zero-order valence-electron chi connectivity index (χ0n) is 10.1. The van der Waals surface area contributed by atoms with E-state index in [0.717, 1.165) is 22.0 Å². The van der Waals surface area contributed by atoms with Crippen molar-refractivity contribution in [2.24, 2.45) is 7.05 Å². The first-order chi connectivity index (χ1) is 7.09. The fourth-order valence-electron chi connectivity index (χ4n) is 1.82. The predicted octanol–water partition coefficient (Wildman–Crippen LogP) is 3.96. The molecule has 0 spiro atoms. The van der Waals surface area contributed by atoms with Gasteiger partial charge in [0.2, 0.25) is 0 Å². The highest BCUT2D eigenvalue weighted by Gasteiger charge is 2.08. The standard InChI is InChI=1S/C11H12FN.C2H6/c1-7-4-9(12)11-8(2)6-13(3)10(11)5-7;1-2/h4-6H,1-3H3;1-2H3. The van der Waals surface area contributed by atoms with Crippen LogP contribution in [0.2, 0.25) is 0 Å². The van der Waals surface area contributed by atoms with E-state index in [4.69, 9.17) is 0 Å². The van der Waals surface area contributed by atoms with E-state index in [1.807, 2.05) is 51.6 Å². The molecule has 0 N–H and O–H groups in total. The molecule has 2 heteroatoms. The van der Waals surface area contributed by atoms with Crippen LogP contribution < -0.4 is 0 Å². The van der Waals surface area contributed by atoms with E-state index < -0.39 is 0 Å². The molecule has 0 radical (unpaired) electrons. The van der Waals surface area contributed by atoms with Crippen LogP contribution in [0.15, 0.2) is 18.3 Å². The van der Waals surface area contributed by atoms with Gasteiger partial charge in [0, 0.05) is 18.6 Å². The fourth-order valence-corrected chi connectivity index (χ4v) is 1.82. The van der Waals surface area contributed by atoms with Crippen LogP contribution in [0.1, 0.15) is 25.0 Å². The minimum Gasteiger partial charge on any atom is -0.350 e. The van der Waals surface area contributed by atoms with E-state index in [1.54, 1.807) is 6.07 Å². The van der Waals surface area contributed by atoms with Gasteiger partial charge in [-0.2, -0.15) is 0 Å². The Morgan fingerprint density at radius 3 is 2.33 bits per heavy atom. The van der Waals surface area contributed by atoms with Crippen molar-refractivity contribution >= 4 is 10.9 Å². The quantitative estimate of drug-likeness (QED) is 0.616. The van der Waals surface area contributed by atoms with Crippen LogP contribution in [0.5, 0.6) is 0 Å². The summed E-state index contributed by atoms with van der Waals surface area (Å²) in [6.07, 6.45) is 1.95. The zero-order chi connectivity index (χ0) is 11.6. The summed E-state index contributed by atoms with van der Waals surface area (Å²) in [7, 11) is 1.94. The minimum atomic E-state index is -0.117. The first-order valence-electron chi connectivity index (χ1n) is 5.31. The van der Waals surface area contributed by atoms with E-state index in [2.05, 4.69) is 0 Å². The molecule has 1 heterocycles. The normalized spacial score (nSPS) is 10.0. The summed E-state index contributed by atoms with van der Waals surface area (Å²) < 4.78 is 15.5. The van der Waals surface area contributed by atoms with Gasteiger partial charge in [0.15, 0.2) is 0 Å². The van der Waals surface area contributed by atoms with E-state index in [9.17, 15) is 4.39 Å².